The number of nitrogens with zero attached hydrogens (tertiary/aromatic N) is 3. The van der Waals surface area contributed by atoms with Gasteiger partial charge in [-0.15, -0.1) is 0 Å². The normalized spacial score (nSPS) is 15.0. The molecular formula is C18H17ClN4O4. The number of H-pyrrole nitrogens is 1. The molecule has 1 aromatic carbocycles. The lowest BCUT2D eigenvalue weighted by Crippen LogP contribution is -2.37. The Bertz CT molecular complexity index is 1070. The molecule has 1 saturated carbocycles. The van der Waals surface area contributed by atoms with Crippen molar-refractivity contribution < 1.29 is 9.63 Å². The Morgan fingerprint density at radius 2 is 2.04 bits per heavy atom. The molecule has 0 spiro atoms. The summed E-state index contributed by atoms with van der Waals surface area (Å²) in [6, 6.07) is 6.81. The molecule has 1 aliphatic rings. The molecule has 3 aromatic rings. The van der Waals surface area contributed by atoms with Crippen LogP contribution in [0.4, 0.5) is 0 Å². The maximum absolute atomic E-state index is 12.5. The summed E-state index contributed by atoms with van der Waals surface area (Å²) in [6.07, 6.45) is 2.71. The first-order valence-corrected chi connectivity index (χ1v) is 8.96. The fourth-order valence-corrected chi connectivity index (χ4v) is 3.03. The van der Waals surface area contributed by atoms with E-state index in [0.717, 1.165) is 17.4 Å². The molecule has 1 atom stereocenters. The van der Waals surface area contributed by atoms with E-state index in [2.05, 4.69) is 15.1 Å². The SMILES string of the molecule is O=c1[nH]cc(C2CC2)c(=O)n1Cc1nc(C[C@H](O)c2ccc(Cl)cc2)no1. The zero-order valence-corrected chi connectivity index (χ0v) is 15.0. The van der Waals surface area contributed by atoms with Crippen LogP contribution in [0.2, 0.25) is 5.02 Å². The van der Waals surface area contributed by atoms with Gasteiger partial charge in [0.25, 0.3) is 5.56 Å². The van der Waals surface area contributed by atoms with Crippen molar-refractivity contribution in [1.29, 1.82) is 0 Å². The van der Waals surface area contributed by atoms with Gasteiger partial charge in [-0.1, -0.05) is 28.9 Å². The lowest BCUT2D eigenvalue weighted by Gasteiger charge is -2.08. The summed E-state index contributed by atoms with van der Waals surface area (Å²) in [6.45, 7) is -0.112. The number of hydrogen-bond acceptors (Lipinski definition) is 6. The lowest BCUT2D eigenvalue weighted by molar-refractivity contribution is 0.174. The number of rotatable bonds is 6. The fraction of sp³-hybridized carbons (Fsp3) is 0.333. The minimum Gasteiger partial charge on any atom is -0.388 e. The van der Waals surface area contributed by atoms with Crippen LogP contribution in [0.1, 0.15) is 47.7 Å². The Morgan fingerprint density at radius 1 is 1.30 bits per heavy atom. The third kappa shape index (κ3) is 3.86. The molecule has 1 fully saturated rings. The number of hydrogen-bond donors (Lipinski definition) is 2. The van der Waals surface area contributed by atoms with Gasteiger partial charge in [0.15, 0.2) is 5.82 Å². The Kier molecular flexibility index (Phi) is 4.67. The zero-order chi connectivity index (χ0) is 19.0. The number of aliphatic hydroxyl groups excluding tert-OH is 1. The van der Waals surface area contributed by atoms with E-state index in [1.54, 1.807) is 24.3 Å². The van der Waals surface area contributed by atoms with E-state index >= 15 is 0 Å². The smallest absolute Gasteiger partial charge is 0.328 e. The largest absolute Gasteiger partial charge is 0.388 e. The maximum atomic E-state index is 12.5. The highest BCUT2D eigenvalue weighted by atomic mass is 35.5. The molecule has 140 valence electrons. The highest BCUT2D eigenvalue weighted by Crippen LogP contribution is 2.37. The van der Waals surface area contributed by atoms with Crippen molar-refractivity contribution in [3.05, 3.63) is 79.2 Å². The maximum Gasteiger partial charge on any atom is 0.328 e. The number of halogens is 1. The molecule has 0 aliphatic heterocycles. The molecule has 2 N–H and O–H groups in total. The monoisotopic (exact) mass is 388 g/mol. The summed E-state index contributed by atoms with van der Waals surface area (Å²) in [7, 11) is 0. The molecule has 9 heteroatoms. The molecule has 0 unspecified atom stereocenters. The van der Waals surface area contributed by atoms with Crippen LogP contribution in [0.3, 0.4) is 0 Å². The summed E-state index contributed by atoms with van der Waals surface area (Å²) in [5.74, 6) is 0.637. The summed E-state index contributed by atoms with van der Waals surface area (Å²) in [4.78, 5) is 31.2. The van der Waals surface area contributed by atoms with Crippen LogP contribution in [0.25, 0.3) is 0 Å². The third-order valence-electron chi connectivity index (χ3n) is 4.54. The minimum absolute atomic E-state index is 0.112. The Hall–Kier alpha value is -2.71. The lowest BCUT2D eigenvalue weighted by atomic mass is 10.1. The topological polar surface area (TPSA) is 114 Å². The Balaban J connectivity index is 1.50. The summed E-state index contributed by atoms with van der Waals surface area (Å²) < 4.78 is 6.20. The number of aromatic amines is 1. The van der Waals surface area contributed by atoms with Gasteiger partial charge in [0.05, 0.1) is 6.10 Å². The van der Waals surface area contributed by atoms with Crippen LogP contribution in [0, 0.1) is 0 Å². The molecule has 4 rings (SSSR count). The number of aromatic nitrogens is 4. The van der Waals surface area contributed by atoms with Gasteiger partial charge in [0, 0.05) is 23.2 Å². The van der Waals surface area contributed by atoms with Gasteiger partial charge < -0.3 is 14.6 Å². The fourth-order valence-electron chi connectivity index (χ4n) is 2.91. The van der Waals surface area contributed by atoms with Crippen LogP contribution < -0.4 is 11.2 Å². The van der Waals surface area contributed by atoms with Crippen LogP contribution in [0.15, 0.2) is 44.6 Å². The first kappa shape index (κ1) is 17.7. The van der Waals surface area contributed by atoms with E-state index < -0.39 is 11.8 Å². The van der Waals surface area contributed by atoms with E-state index in [4.69, 9.17) is 16.1 Å². The van der Waals surface area contributed by atoms with Crippen molar-refractivity contribution in [2.24, 2.45) is 0 Å². The molecule has 2 heterocycles. The molecule has 0 bridgehead atoms. The molecule has 1 aliphatic carbocycles. The van der Waals surface area contributed by atoms with E-state index in [0.29, 0.717) is 16.1 Å². The van der Waals surface area contributed by atoms with Gasteiger partial charge in [-0.05, 0) is 36.5 Å². The zero-order valence-electron chi connectivity index (χ0n) is 14.3. The van der Waals surface area contributed by atoms with Gasteiger partial charge in [-0.3, -0.25) is 9.36 Å². The summed E-state index contributed by atoms with van der Waals surface area (Å²) >= 11 is 5.84. The second-order valence-electron chi connectivity index (χ2n) is 6.59. The van der Waals surface area contributed by atoms with Crippen LogP contribution in [-0.2, 0) is 13.0 Å². The number of nitrogens with one attached hydrogen (secondary N) is 1. The van der Waals surface area contributed by atoms with Gasteiger partial charge in [0.1, 0.15) is 6.54 Å². The average Bonchev–Trinajstić information content (AvgIpc) is 3.39. The summed E-state index contributed by atoms with van der Waals surface area (Å²) in [5.41, 5.74) is 0.426. The third-order valence-corrected chi connectivity index (χ3v) is 4.79. The highest BCUT2D eigenvalue weighted by Gasteiger charge is 2.28. The molecule has 2 aromatic heterocycles. The molecule has 0 amide bonds. The molecule has 0 radical (unpaired) electrons. The standard InChI is InChI=1S/C18H17ClN4O4/c19-12-5-3-11(4-6-12)14(24)7-15-21-16(27-22-15)9-23-17(25)13(10-1-2-10)8-20-18(23)26/h3-6,8,10,14,24H,1-2,7,9H2,(H,20,26)/t14-/m0/s1. The predicted molar refractivity (Wildman–Crippen MR) is 96.8 cm³/mol. The first-order chi connectivity index (χ1) is 13.0. The second-order valence-corrected chi connectivity index (χ2v) is 7.03. The minimum atomic E-state index is -0.822. The first-order valence-electron chi connectivity index (χ1n) is 8.58. The van der Waals surface area contributed by atoms with Crippen molar-refractivity contribution in [1.82, 2.24) is 19.7 Å². The van der Waals surface area contributed by atoms with Crippen molar-refractivity contribution in [2.45, 2.75) is 37.8 Å². The van der Waals surface area contributed by atoms with Crippen molar-refractivity contribution in [3.63, 3.8) is 0 Å². The molecule has 27 heavy (non-hydrogen) atoms. The quantitative estimate of drug-likeness (QED) is 0.665. The summed E-state index contributed by atoms with van der Waals surface area (Å²) in [5, 5.41) is 14.7. The second kappa shape index (κ2) is 7.13. The Morgan fingerprint density at radius 3 is 2.74 bits per heavy atom. The number of benzene rings is 1. The van der Waals surface area contributed by atoms with Crippen LogP contribution >= 0.6 is 11.6 Å². The van der Waals surface area contributed by atoms with Crippen molar-refractivity contribution in [2.75, 3.05) is 0 Å². The predicted octanol–water partition coefficient (Wildman–Crippen LogP) is 1.77. The van der Waals surface area contributed by atoms with Gasteiger partial charge in [-0.25, -0.2) is 4.79 Å². The van der Waals surface area contributed by atoms with Crippen molar-refractivity contribution in [3.8, 4) is 0 Å². The van der Waals surface area contributed by atoms with Crippen LogP contribution in [-0.4, -0.2) is 24.8 Å². The van der Waals surface area contributed by atoms with E-state index in [1.807, 2.05) is 0 Å². The van der Waals surface area contributed by atoms with Gasteiger partial charge >= 0.3 is 5.69 Å². The number of aliphatic hydroxyl groups is 1. The molecule has 8 nitrogen and oxygen atoms in total. The van der Waals surface area contributed by atoms with E-state index in [1.165, 1.54) is 6.20 Å². The van der Waals surface area contributed by atoms with Gasteiger partial charge in [-0.2, -0.15) is 4.98 Å². The Labute approximate surface area is 158 Å². The van der Waals surface area contributed by atoms with E-state index in [-0.39, 0.29) is 36.2 Å². The van der Waals surface area contributed by atoms with Gasteiger partial charge in [0.2, 0.25) is 5.89 Å². The molecular weight excluding hydrogens is 372 g/mol. The highest BCUT2D eigenvalue weighted by molar-refractivity contribution is 6.30. The van der Waals surface area contributed by atoms with E-state index in [9.17, 15) is 14.7 Å². The average molecular weight is 389 g/mol. The van der Waals surface area contributed by atoms with Crippen LogP contribution in [0.5, 0.6) is 0 Å². The molecule has 0 saturated heterocycles. The van der Waals surface area contributed by atoms with Crippen molar-refractivity contribution >= 4 is 11.6 Å².